The van der Waals surface area contributed by atoms with Crippen molar-refractivity contribution < 1.29 is 50.1 Å². The van der Waals surface area contributed by atoms with E-state index >= 15 is 0 Å². The van der Waals surface area contributed by atoms with Crippen LogP contribution in [0.2, 0.25) is 0 Å². The maximum Gasteiger partial charge on any atom is 0.325 e. The number of carboxylic acid groups (broad SMARTS) is 2. The lowest BCUT2D eigenvalue weighted by atomic mass is 9.93. The zero-order valence-corrected chi connectivity index (χ0v) is 9.45. The van der Waals surface area contributed by atoms with Gasteiger partial charge in [-0.15, -0.1) is 0 Å². The molecular formula is C9H14O10. The van der Waals surface area contributed by atoms with Crippen LogP contribution >= 0.6 is 0 Å². The molecule has 19 heavy (non-hydrogen) atoms. The molecule has 0 spiro atoms. The van der Waals surface area contributed by atoms with Crippen LogP contribution in [0.1, 0.15) is 0 Å². The predicted octanol–water partition coefficient (Wildman–Crippen LogP) is -4.22. The number of aliphatic hydroxyl groups excluding tert-OH is 5. The number of rotatable bonds is 8. The molecule has 0 aliphatic heterocycles. The number of hydrogen-bond acceptors (Lipinski definition) is 8. The minimum Gasteiger partial charge on any atom is -0.480 e. The standard InChI is InChI=1S/C9H14O10/c10-1-2(11)4(12)6(14)7(15)5(13)3(8(16)17)9(18)19/h2-4,6-7,10-12,14-15H,1H2,(H,16,17)(H,18,19)/t2-,4-,6+,7+/m1/s1. The van der Waals surface area contributed by atoms with Crippen molar-refractivity contribution in [2.75, 3.05) is 6.61 Å². The van der Waals surface area contributed by atoms with E-state index in [1.807, 2.05) is 0 Å². The third-order valence-corrected chi connectivity index (χ3v) is 2.32. The fourth-order valence-corrected chi connectivity index (χ4v) is 1.21. The maximum atomic E-state index is 11.4. The monoisotopic (exact) mass is 282 g/mol. The highest BCUT2D eigenvalue weighted by molar-refractivity contribution is 6.15. The van der Waals surface area contributed by atoms with Gasteiger partial charge in [0, 0.05) is 0 Å². The van der Waals surface area contributed by atoms with E-state index in [0.717, 1.165) is 0 Å². The SMILES string of the molecule is O=C(O)C(C(=O)O)C(=O)[C@H](O)[C@@H](O)[C@H](O)[C@H](O)CO. The molecule has 0 unspecified atom stereocenters. The summed E-state index contributed by atoms with van der Waals surface area (Å²) >= 11 is 0. The summed E-state index contributed by atoms with van der Waals surface area (Å²) in [6, 6.07) is 0. The Morgan fingerprint density at radius 3 is 1.58 bits per heavy atom. The molecule has 0 aromatic rings. The molecule has 110 valence electrons. The van der Waals surface area contributed by atoms with Gasteiger partial charge in [-0.1, -0.05) is 0 Å². The number of hydrogen-bond donors (Lipinski definition) is 7. The Morgan fingerprint density at radius 1 is 0.842 bits per heavy atom. The van der Waals surface area contributed by atoms with Gasteiger partial charge in [-0.3, -0.25) is 14.4 Å². The van der Waals surface area contributed by atoms with Crippen molar-refractivity contribution in [1.82, 2.24) is 0 Å². The molecule has 0 saturated heterocycles. The van der Waals surface area contributed by atoms with Crippen LogP contribution in [0.4, 0.5) is 0 Å². The molecule has 0 aromatic carbocycles. The van der Waals surface area contributed by atoms with E-state index < -0.39 is 54.7 Å². The average molecular weight is 282 g/mol. The van der Waals surface area contributed by atoms with E-state index in [4.69, 9.17) is 20.4 Å². The minimum absolute atomic E-state index is 1.000. The van der Waals surface area contributed by atoms with Crippen molar-refractivity contribution in [2.45, 2.75) is 24.4 Å². The fraction of sp³-hybridized carbons (Fsp3) is 0.667. The van der Waals surface area contributed by atoms with Crippen LogP contribution in [0.15, 0.2) is 0 Å². The van der Waals surface area contributed by atoms with Crippen LogP contribution in [-0.4, -0.2) is 84.5 Å². The number of Topliss-reactive ketones (excluding diaryl/α,β-unsaturated/α-hetero) is 1. The lowest BCUT2D eigenvalue weighted by Gasteiger charge is -2.25. The van der Waals surface area contributed by atoms with Crippen LogP contribution < -0.4 is 0 Å². The summed E-state index contributed by atoms with van der Waals surface area (Å²) < 4.78 is 0. The summed E-state index contributed by atoms with van der Waals surface area (Å²) in [6.07, 6.45) is -8.96. The second-order valence-corrected chi connectivity index (χ2v) is 3.69. The van der Waals surface area contributed by atoms with E-state index in [2.05, 4.69) is 0 Å². The van der Waals surface area contributed by atoms with Gasteiger partial charge in [-0.05, 0) is 0 Å². The zero-order valence-electron chi connectivity index (χ0n) is 9.45. The Hall–Kier alpha value is -1.59. The van der Waals surface area contributed by atoms with E-state index in [1.165, 1.54) is 0 Å². The molecule has 0 aromatic heterocycles. The molecule has 0 rings (SSSR count). The molecule has 0 radical (unpaired) electrons. The Balaban J connectivity index is 4.98. The molecule has 0 amide bonds. The molecule has 7 N–H and O–H groups in total. The highest BCUT2D eigenvalue weighted by atomic mass is 16.4. The Morgan fingerprint density at radius 2 is 1.26 bits per heavy atom. The Kier molecular flexibility index (Phi) is 6.52. The minimum atomic E-state index is -2.62. The van der Waals surface area contributed by atoms with Gasteiger partial charge in [-0.25, -0.2) is 0 Å². The Bertz CT molecular complexity index is 339. The quantitative estimate of drug-likeness (QED) is 0.214. The summed E-state index contributed by atoms with van der Waals surface area (Å²) in [6.45, 7) is -1.000. The molecular weight excluding hydrogens is 268 g/mol. The first-order chi connectivity index (χ1) is 8.64. The first-order valence-corrected chi connectivity index (χ1v) is 4.97. The Labute approximate surface area is 106 Å². The van der Waals surface area contributed by atoms with Crippen LogP contribution in [0.25, 0.3) is 0 Å². The lowest BCUT2D eigenvalue weighted by Crippen LogP contribution is -2.51. The highest BCUT2D eigenvalue weighted by Gasteiger charge is 2.43. The fourth-order valence-electron chi connectivity index (χ4n) is 1.21. The number of aliphatic carboxylic acids is 2. The van der Waals surface area contributed by atoms with Crippen molar-refractivity contribution >= 4 is 17.7 Å². The molecule has 0 aliphatic rings. The smallest absolute Gasteiger partial charge is 0.325 e. The summed E-state index contributed by atoms with van der Waals surface area (Å²) in [5.74, 6) is -8.50. The molecule has 0 aliphatic carbocycles. The molecule has 0 fully saturated rings. The van der Waals surface area contributed by atoms with Crippen LogP contribution in [0, 0.1) is 5.92 Å². The van der Waals surface area contributed by atoms with Crippen LogP contribution in [0.3, 0.4) is 0 Å². The predicted molar refractivity (Wildman–Crippen MR) is 54.9 cm³/mol. The molecule has 0 heterocycles. The largest absolute Gasteiger partial charge is 0.480 e. The first kappa shape index (κ1) is 17.4. The van der Waals surface area contributed by atoms with Gasteiger partial charge in [0.2, 0.25) is 5.92 Å². The molecule has 10 nitrogen and oxygen atoms in total. The molecule has 10 heteroatoms. The van der Waals surface area contributed by atoms with Gasteiger partial charge < -0.3 is 35.7 Å². The topological polar surface area (TPSA) is 193 Å². The molecule has 4 atom stereocenters. The third-order valence-electron chi connectivity index (χ3n) is 2.32. The van der Waals surface area contributed by atoms with Crippen molar-refractivity contribution in [3.05, 3.63) is 0 Å². The van der Waals surface area contributed by atoms with Gasteiger partial charge in [0.25, 0.3) is 0 Å². The highest BCUT2D eigenvalue weighted by Crippen LogP contribution is 2.11. The number of carbonyl (C=O) groups excluding carboxylic acids is 1. The number of carboxylic acids is 2. The summed E-state index contributed by atoms with van der Waals surface area (Å²) in [5, 5.41) is 62.2. The number of carbonyl (C=O) groups is 3. The van der Waals surface area contributed by atoms with Crippen LogP contribution in [0.5, 0.6) is 0 Å². The summed E-state index contributed by atoms with van der Waals surface area (Å²) in [4.78, 5) is 32.4. The van der Waals surface area contributed by atoms with E-state index in [9.17, 15) is 29.7 Å². The molecule has 0 saturated carbocycles. The van der Waals surface area contributed by atoms with E-state index in [1.54, 1.807) is 0 Å². The van der Waals surface area contributed by atoms with Gasteiger partial charge in [0.15, 0.2) is 5.78 Å². The van der Waals surface area contributed by atoms with Gasteiger partial charge in [0.1, 0.15) is 24.4 Å². The van der Waals surface area contributed by atoms with Crippen molar-refractivity contribution in [2.24, 2.45) is 5.92 Å². The van der Waals surface area contributed by atoms with Crippen molar-refractivity contribution in [3.8, 4) is 0 Å². The van der Waals surface area contributed by atoms with Gasteiger partial charge in [-0.2, -0.15) is 0 Å². The number of ketones is 1. The second-order valence-electron chi connectivity index (χ2n) is 3.69. The average Bonchev–Trinajstić information content (AvgIpc) is 2.33. The zero-order chi connectivity index (χ0) is 15.3. The van der Waals surface area contributed by atoms with Crippen LogP contribution in [-0.2, 0) is 14.4 Å². The normalized spacial score (nSPS) is 17.6. The third kappa shape index (κ3) is 4.22. The molecule has 0 bridgehead atoms. The summed E-state index contributed by atoms with van der Waals surface area (Å²) in [5.41, 5.74) is 0. The van der Waals surface area contributed by atoms with E-state index in [0.29, 0.717) is 0 Å². The van der Waals surface area contributed by atoms with E-state index in [-0.39, 0.29) is 0 Å². The summed E-state index contributed by atoms with van der Waals surface area (Å²) in [7, 11) is 0. The first-order valence-electron chi connectivity index (χ1n) is 4.97. The lowest BCUT2D eigenvalue weighted by molar-refractivity contribution is -0.165. The van der Waals surface area contributed by atoms with Gasteiger partial charge >= 0.3 is 11.9 Å². The second kappa shape index (κ2) is 7.11. The van der Waals surface area contributed by atoms with Crippen molar-refractivity contribution in [1.29, 1.82) is 0 Å². The maximum absolute atomic E-state index is 11.4. The number of aliphatic hydroxyl groups is 5. The van der Waals surface area contributed by atoms with Crippen molar-refractivity contribution in [3.63, 3.8) is 0 Å². The van der Waals surface area contributed by atoms with Gasteiger partial charge in [0.05, 0.1) is 6.61 Å².